The smallest absolute Gasteiger partial charge is 0.311 e. The van der Waals surface area contributed by atoms with Crippen molar-refractivity contribution >= 4 is 11.7 Å². The highest BCUT2D eigenvalue weighted by molar-refractivity contribution is 5.71. The van der Waals surface area contributed by atoms with Crippen LogP contribution in [0, 0.1) is 0 Å². The van der Waals surface area contributed by atoms with Gasteiger partial charge in [0, 0.05) is 11.8 Å². The Kier molecular flexibility index (Phi) is 4.54. The zero-order valence-corrected chi connectivity index (χ0v) is 11.2. The molecule has 1 aromatic heterocycles. The van der Waals surface area contributed by atoms with Crippen LogP contribution in [0.4, 0.5) is 5.69 Å². The van der Waals surface area contributed by atoms with Crippen LogP contribution in [0.15, 0.2) is 30.5 Å². The molecule has 7 nitrogen and oxygen atoms in total. The van der Waals surface area contributed by atoms with Gasteiger partial charge >= 0.3 is 5.97 Å². The molecule has 0 aliphatic rings. The predicted molar refractivity (Wildman–Crippen MR) is 72.1 cm³/mol. The lowest BCUT2D eigenvalue weighted by Gasteiger charge is -2.08. The van der Waals surface area contributed by atoms with E-state index >= 15 is 0 Å². The molecule has 2 rings (SSSR count). The molecular weight excluding hydrogens is 260 g/mol. The fraction of sp³-hybridized carbons (Fsp3) is 0.308. The van der Waals surface area contributed by atoms with Crippen molar-refractivity contribution in [1.82, 2.24) is 15.0 Å². The van der Waals surface area contributed by atoms with E-state index in [0.717, 1.165) is 0 Å². The predicted octanol–water partition coefficient (Wildman–Crippen LogP) is 0.655. The topological polar surface area (TPSA) is 92.3 Å². The van der Waals surface area contributed by atoms with Gasteiger partial charge < -0.3 is 15.2 Å². The highest BCUT2D eigenvalue weighted by Crippen LogP contribution is 2.14. The monoisotopic (exact) mass is 276 g/mol. The molecule has 0 saturated heterocycles. The molecule has 1 aromatic carbocycles. The lowest BCUT2D eigenvalue weighted by Crippen LogP contribution is -2.15. The molecule has 20 heavy (non-hydrogen) atoms. The van der Waals surface area contributed by atoms with Crippen molar-refractivity contribution in [1.29, 1.82) is 0 Å². The number of ether oxygens (including phenoxy) is 2. The Morgan fingerprint density at radius 3 is 3.05 bits per heavy atom. The number of nitrogens with zero attached hydrogens (tertiary/aromatic N) is 3. The molecule has 0 aliphatic heterocycles. The second-order valence-corrected chi connectivity index (χ2v) is 4.12. The molecule has 0 unspecified atom stereocenters. The van der Waals surface area contributed by atoms with Crippen LogP contribution in [-0.2, 0) is 22.5 Å². The van der Waals surface area contributed by atoms with Crippen LogP contribution >= 0.6 is 0 Å². The van der Waals surface area contributed by atoms with Gasteiger partial charge in [0.05, 0.1) is 32.0 Å². The van der Waals surface area contributed by atoms with Gasteiger partial charge in [-0.05, 0) is 12.1 Å². The van der Waals surface area contributed by atoms with E-state index in [1.165, 1.54) is 13.3 Å². The molecule has 0 radical (unpaired) electrons. The summed E-state index contributed by atoms with van der Waals surface area (Å²) in [5.74, 6) is 0.366. The number of hydrogen-bond donors (Lipinski definition) is 1. The second-order valence-electron chi connectivity index (χ2n) is 4.12. The van der Waals surface area contributed by atoms with Crippen molar-refractivity contribution in [3.63, 3.8) is 0 Å². The first-order valence-corrected chi connectivity index (χ1v) is 6.11. The second kappa shape index (κ2) is 6.55. The summed E-state index contributed by atoms with van der Waals surface area (Å²) in [6, 6.07) is 7.19. The first kappa shape index (κ1) is 13.9. The van der Waals surface area contributed by atoms with Gasteiger partial charge in [0.25, 0.3) is 0 Å². The molecule has 0 spiro atoms. The maximum absolute atomic E-state index is 11.2. The van der Waals surface area contributed by atoms with E-state index in [4.69, 9.17) is 10.5 Å². The molecule has 0 bridgehead atoms. The number of benzene rings is 1. The number of methoxy groups -OCH3 is 1. The number of carbonyl (C=O) groups excluding carboxylic acids is 1. The third-order valence-corrected chi connectivity index (χ3v) is 2.68. The molecule has 0 fully saturated rings. The van der Waals surface area contributed by atoms with E-state index in [1.807, 2.05) is 12.1 Å². The van der Waals surface area contributed by atoms with Crippen LogP contribution in [0.25, 0.3) is 0 Å². The fourth-order valence-corrected chi connectivity index (χ4v) is 1.68. The summed E-state index contributed by atoms with van der Waals surface area (Å²) in [7, 11) is 1.35. The van der Waals surface area contributed by atoms with E-state index in [1.54, 1.807) is 16.8 Å². The summed E-state index contributed by atoms with van der Waals surface area (Å²) in [5, 5.41) is 7.69. The van der Waals surface area contributed by atoms with Gasteiger partial charge in [0.15, 0.2) is 0 Å². The van der Waals surface area contributed by atoms with Gasteiger partial charge in [0.2, 0.25) is 0 Å². The number of carbonyl (C=O) groups is 1. The van der Waals surface area contributed by atoms with Gasteiger partial charge in [0.1, 0.15) is 12.4 Å². The van der Waals surface area contributed by atoms with Crippen molar-refractivity contribution in [2.45, 2.75) is 13.0 Å². The molecule has 2 N–H and O–H groups in total. The Morgan fingerprint density at radius 2 is 2.30 bits per heavy atom. The van der Waals surface area contributed by atoms with Crippen LogP contribution in [0.5, 0.6) is 5.75 Å². The van der Waals surface area contributed by atoms with Gasteiger partial charge in [-0.1, -0.05) is 11.3 Å². The zero-order chi connectivity index (χ0) is 14.4. The molecule has 0 amide bonds. The Balaban J connectivity index is 1.88. The van der Waals surface area contributed by atoms with Crippen molar-refractivity contribution in [2.24, 2.45) is 0 Å². The highest BCUT2D eigenvalue weighted by Gasteiger charge is 2.09. The lowest BCUT2D eigenvalue weighted by atomic mass is 10.3. The maximum atomic E-state index is 11.2. The van der Waals surface area contributed by atoms with Crippen molar-refractivity contribution in [3.05, 3.63) is 36.2 Å². The molecule has 0 atom stereocenters. The Hall–Kier alpha value is -2.57. The number of nitrogens with two attached hydrogens (primary N) is 1. The standard InChI is InChI=1S/C13H16N4O3/c1-19-13(18)8-11-9-15-16-17(11)5-6-20-12-4-2-3-10(14)7-12/h2-4,7,9H,5-6,8,14H2,1H3. The van der Waals surface area contributed by atoms with Crippen LogP contribution in [0.2, 0.25) is 0 Å². The summed E-state index contributed by atoms with van der Waals surface area (Å²) in [4.78, 5) is 11.2. The molecule has 1 heterocycles. The Morgan fingerprint density at radius 1 is 1.45 bits per heavy atom. The molecule has 106 valence electrons. The third-order valence-electron chi connectivity index (χ3n) is 2.68. The summed E-state index contributed by atoms with van der Waals surface area (Å²) < 4.78 is 11.8. The molecular formula is C13H16N4O3. The van der Waals surface area contributed by atoms with Gasteiger partial charge in [-0.3, -0.25) is 4.79 Å². The molecule has 0 aliphatic carbocycles. The zero-order valence-electron chi connectivity index (χ0n) is 11.2. The van der Waals surface area contributed by atoms with Crippen molar-refractivity contribution < 1.29 is 14.3 Å². The third kappa shape index (κ3) is 3.71. The molecule has 2 aromatic rings. The number of esters is 1. The first-order valence-electron chi connectivity index (χ1n) is 6.11. The number of rotatable bonds is 6. The minimum absolute atomic E-state index is 0.141. The van der Waals surface area contributed by atoms with E-state index < -0.39 is 0 Å². The van der Waals surface area contributed by atoms with Crippen LogP contribution in [-0.4, -0.2) is 34.7 Å². The quantitative estimate of drug-likeness (QED) is 0.615. The lowest BCUT2D eigenvalue weighted by molar-refractivity contribution is -0.139. The number of hydrogen-bond acceptors (Lipinski definition) is 6. The molecule has 7 heteroatoms. The number of anilines is 1. The number of nitrogen functional groups attached to an aromatic ring is 1. The first-order chi connectivity index (χ1) is 9.69. The largest absolute Gasteiger partial charge is 0.492 e. The summed E-state index contributed by atoms with van der Waals surface area (Å²) in [6.45, 7) is 0.891. The van der Waals surface area contributed by atoms with E-state index in [-0.39, 0.29) is 12.4 Å². The minimum Gasteiger partial charge on any atom is -0.492 e. The fourth-order valence-electron chi connectivity index (χ4n) is 1.68. The van der Waals surface area contributed by atoms with Gasteiger partial charge in [-0.2, -0.15) is 0 Å². The number of aromatic nitrogens is 3. The Bertz CT molecular complexity index is 583. The summed E-state index contributed by atoms with van der Waals surface area (Å²) in [5.41, 5.74) is 7.00. The van der Waals surface area contributed by atoms with Crippen LogP contribution in [0.1, 0.15) is 5.69 Å². The van der Waals surface area contributed by atoms with E-state index in [9.17, 15) is 4.79 Å². The van der Waals surface area contributed by atoms with Gasteiger partial charge in [-0.25, -0.2) is 4.68 Å². The minimum atomic E-state index is -0.328. The molecule has 0 saturated carbocycles. The Labute approximate surface area is 116 Å². The maximum Gasteiger partial charge on any atom is 0.311 e. The van der Waals surface area contributed by atoms with Crippen molar-refractivity contribution in [2.75, 3.05) is 19.5 Å². The highest BCUT2D eigenvalue weighted by atomic mass is 16.5. The van der Waals surface area contributed by atoms with E-state index in [0.29, 0.717) is 30.3 Å². The average molecular weight is 276 g/mol. The normalized spacial score (nSPS) is 10.2. The van der Waals surface area contributed by atoms with Crippen LogP contribution < -0.4 is 10.5 Å². The SMILES string of the molecule is COC(=O)Cc1cnnn1CCOc1cccc(N)c1. The van der Waals surface area contributed by atoms with Gasteiger partial charge in [-0.15, -0.1) is 5.10 Å². The summed E-state index contributed by atoms with van der Waals surface area (Å²) in [6.07, 6.45) is 1.68. The van der Waals surface area contributed by atoms with Crippen molar-refractivity contribution in [3.8, 4) is 5.75 Å². The van der Waals surface area contributed by atoms with E-state index in [2.05, 4.69) is 15.0 Å². The van der Waals surface area contributed by atoms with Crippen LogP contribution in [0.3, 0.4) is 0 Å². The average Bonchev–Trinajstić information content (AvgIpc) is 2.86. The summed E-state index contributed by atoms with van der Waals surface area (Å²) >= 11 is 0.